The fraction of sp³-hybridized carbons (Fsp3) is 0.538. The molecule has 7 nitrogen and oxygen atoms in total. The second-order valence-corrected chi connectivity index (χ2v) is 6.44. The van der Waals surface area contributed by atoms with Gasteiger partial charge in [-0.3, -0.25) is 14.3 Å². The van der Waals surface area contributed by atoms with Crippen LogP contribution < -0.4 is 14.8 Å². The molecule has 0 aliphatic carbocycles. The summed E-state index contributed by atoms with van der Waals surface area (Å²) in [6, 6.07) is 3.00. The maximum Gasteiger partial charge on any atom is 0.296 e. The molecule has 2 rings (SSSR count). The van der Waals surface area contributed by atoms with Crippen LogP contribution in [0.3, 0.4) is 0 Å². The van der Waals surface area contributed by atoms with Crippen molar-refractivity contribution in [2.45, 2.75) is 18.9 Å². The number of ether oxygens (including phenoxy) is 2. The van der Waals surface area contributed by atoms with Gasteiger partial charge in [0.15, 0.2) is 11.5 Å². The Hall–Kier alpha value is -1.83. The van der Waals surface area contributed by atoms with Gasteiger partial charge in [-0.05, 0) is 12.8 Å². The Morgan fingerprint density at radius 2 is 1.81 bits per heavy atom. The monoisotopic (exact) mass is 314 g/mol. The summed E-state index contributed by atoms with van der Waals surface area (Å²) in [4.78, 5) is 10.8. The number of hydrogen-bond acceptors (Lipinski definition) is 6. The number of nitrogens with zero attached hydrogens (tertiary/aromatic N) is 1. The molecule has 0 radical (unpaired) electrons. The normalized spacial score (nSPS) is 21.6. The molecule has 0 spiro atoms. The van der Waals surface area contributed by atoms with E-state index in [9.17, 15) is 14.3 Å². The van der Waals surface area contributed by atoms with E-state index in [1.54, 1.807) is 6.07 Å². The van der Waals surface area contributed by atoms with E-state index >= 15 is 0 Å². The van der Waals surface area contributed by atoms with Crippen molar-refractivity contribution < 1.29 is 18.6 Å². The molecule has 1 fully saturated rings. The lowest BCUT2D eigenvalue weighted by Crippen LogP contribution is -2.29. The summed E-state index contributed by atoms with van der Waals surface area (Å²) in [5.41, 5.74) is 0.342. The first-order chi connectivity index (χ1) is 10.0. The highest BCUT2D eigenvalue weighted by atomic mass is 32.2. The van der Waals surface area contributed by atoms with Crippen molar-refractivity contribution in [1.82, 2.24) is 0 Å². The van der Waals surface area contributed by atoms with E-state index in [0.29, 0.717) is 28.7 Å². The molecule has 1 aromatic carbocycles. The van der Waals surface area contributed by atoms with Crippen LogP contribution in [0.15, 0.2) is 12.1 Å². The Morgan fingerprint density at radius 1 is 1.24 bits per heavy atom. The van der Waals surface area contributed by atoms with Gasteiger partial charge in [-0.1, -0.05) is 0 Å². The third-order valence-corrected chi connectivity index (χ3v) is 4.83. The standard InChI is InChI=1S/C13H18N2O5S/c1-19-12-7-10(11(15(16)17)8-13(12)20-2)14-9-3-5-21(18)6-4-9/h7-9,14H,3-6H2,1-2H3. The van der Waals surface area contributed by atoms with Crippen LogP contribution in [-0.2, 0) is 10.8 Å². The van der Waals surface area contributed by atoms with Crippen molar-refractivity contribution in [3.05, 3.63) is 22.2 Å². The lowest BCUT2D eigenvalue weighted by molar-refractivity contribution is -0.384. The SMILES string of the molecule is COc1cc(NC2CCS(=O)CC2)c([N+](=O)[O-])cc1OC. The highest BCUT2D eigenvalue weighted by Gasteiger charge is 2.24. The largest absolute Gasteiger partial charge is 0.493 e. The van der Waals surface area contributed by atoms with Gasteiger partial charge in [0.2, 0.25) is 0 Å². The van der Waals surface area contributed by atoms with E-state index in [2.05, 4.69) is 5.32 Å². The summed E-state index contributed by atoms with van der Waals surface area (Å²) in [5, 5.41) is 14.4. The van der Waals surface area contributed by atoms with Gasteiger partial charge in [0, 0.05) is 34.4 Å². The predicted molar refractivity (Wildman–Crippen MR) is 80.7 cm³/mol. The molecule has 1 N–H and O–H groups in total. The quantitative estimate of drug-likeness (QED) is 0.659. The molecule has 8 heteroatoms. The Morgan fingerprint density at radius 3 is 2.33 bits per heavy atom. The number of anilines is 1. The zero-order valence-corrected chi connectivity index (χ0v) is 12.8. The van der Waals surface area contributed by atoms with Gasteiger partial charge in [0.1, 0.15) is 5.69 Å². The van der Waals surface area contributed by atoms with Crippen LogP contribution in [0.2, 0.25) is 0 Å². The lowest BCUT2D eigenvalue weighted by Gasteiger charge is -2.23. The molecule has 1 aliphatic rings. The highest BCUT2D eigenvalue weighted by Crippen LogP contribution is 2.38. The van der Waals surface area contributed by atoms with Crippen molar-refractivity contribution in [2.24, 2.45) is 0 Å². The molecular formula is C13H18N2O5S. The molecular weight excluding hydrogens is 296 g/mol. The number of nitro groups is 1. The van der Waals surface area contributed by atoms with Crippen molar-refractivity contribution in [3.8, 4) is 11.5 Å². The van der Waals surface area contributed by atoms with Gasteiger partial charge >= 0.3 is 0 Å². The molecule has 1 aliphatic heterocycles. The van der Waals surface area contributed by atoms with Crippen LogP contribution in [0.25, 0.3) is 0 Å². The third-order valence-electron chi connectivity index (χ3n) is 3.45. The van der Waals surface area contributed by atoms with E-state index < -0.39 is 15.7 Å². The number of rotatable bonds is 5. The number of methoxy groups -OCH3 is 2. The van der Waals surface area contributed by atoms with E-state index in [1.165, 1.54) is 20.3 Å². The van der Waals surface area contributed by atoms with Crippen molar-refractivity contribution in [2.75, 3.05) is 31.0 Å². The summed E-state index contributed by atoms with van der Waals surface area (Å²) in [5.74, 6) is 2.00. The Bertz CT molecular complexity index is 554. The molecule has 0 amide bonds. The van der Waals surface area contributed by atoms with Gasteiger partial charge in [-0.25, -0.2) is 0 Å². The molecule has 21 heavy (non-hydrogen) atoms. The zero-order valence-electron chi connectivity index (χ0n) is 12.0. The average Bonchev–Trinajstić information content (AvgIpc) is 2.48. The van der Waals surface area contributed by atoms with Crippen molar-refractivity contribution >= 4 is 22.2 Å². The number of benzene rings is 1. The molecule has 0 bridgehead atoms. The molecule has 116 valence electrons. The fourth-order valence-corrected chi connectivity index (χ4v) is 3.59. The highest BCUT2D eigenvalue weighted by molar-refractivity contribution is 7.85. The molecule has 1 aromatic rings. The van der Waals surface area contributed by atoms with E-state index in [0.717, 1.165) is 12.8 Å². The second-order valence-electron chi connectivity index (χ2n) is 4.75. The zero-order chi connectivity index (χ0) is 15.4. The lowest BCUT2D eigenvalue weighted by atomic mass is 10.1. The summed E-state index contributed by atoms with van der Waals surface area (Å²) < 4.78 is 21.6. The van der Waals surface area contributed by atoms with Gasteiger partial charge in [-0.15, -0.1) is 0 Å². The van der Waals surface area contributed by atoms with Crippen LogP contribution in [0.1, 0.15) is 12.8 Å². The number of hydrogen-bond donors (Lipinski definition) is 1. The number of nitrogens with one attached hydrogen (secondary N) is 1. The Kier molecular flexibility index (Phi) is 5.00. The van der Waals surface area contributed by atoms with E-state index in [1.807, 2.05) is 0 Å². The average molecular weight is 314 g/mol. The molecule has 0 saturated carbocycles. The maximum absolute atomic E-state index is 11.4. The van der Waals surface area contributed by atoms with Crippen LogP contribution in [0.5, 0.6) is 11.5 Å². The van der Waals surface area contributed by atoms with Crippen LogP contribution in [0, 0.1) is 10.1 Å². The van der Waals surface area contributed by atoms with Crippen molar-refractivity contribution in [1.29, 1.82) is 0 Å². The third kappa shape index (κ3) is 3.63. The minimum atomic E-state index is -0.763. The van der Waals surface area contributed by atoms with Gasteiger partial charge < -0.3 is 14.8 Å². The first kappa shape index (κ1) is 15.6. The Labute approximate surface area is 125 Å². The minimum Gasteiger partial charge on any atom is -0.493 e. The van der Waals surface area contributed by atoms with E-state index in [4.69, 9.17) is 9.47 Å². The maximum atomic E-state index is 11.4. The van der Waals surface area contributed by atoms with Crippen molar-refractivity contribution in [3.63, 3.8) is 0 Å². The van der Waals surface area contributed by atoms with Gasteiger partial charge in [0.25, 0.3) is 5.69 Å². The topological polar surface area (TPSA) is 90.7 Å². The fourth-order valence-electron chi connectivity index (χ4n) is 2.29. The smallest absolute Gasteiger partial charge is 0.296 e. The summed E-state index contributed by atoms with van der Waals surface area (Å²) >= 11 is 0. The summed E-state index contributed by atoms with van der Waals surface area (Å²) in [6.45, 7) is 0. The summed E-state index contributed by atoms with van der Waals surface area (Å²) in [6.07, 6.45) is 1.47. The summed E-state index contributed by atoms with van der Waals surface area (Å²) in [7, 11) is 2.16. The number of nitro benzene ring substituents is 1. The van der Waals surface area contributed by atoms with Gasteiger partial charge in [-0.2, -0.15) is 0 Å². The first-order valence-electron chi connectivity index (χ1n) is 6.57. The van der Waals surface area contributed by atoms with Crippen LogP contribution in [-0.4, -0.2) is 40.9 Å². The molecule has 0 unspecified atom stereocenters. The molecule has 1 saturated heterocycles. The first-order valence-corrected chi connectivity index (χ1v) is 8.06. The van der Waals surface area contributed by atoms with Crippen LogP contribution in [0.4, 0.5) is 11.4 Å². The van der Waals surface area contributed by atoms with Gasteiger partial charge in [0.05, 0.1) is 25.2 Å². The molecule has 0 atom stereocenters. The predicted octanol–water partition coefficient (Wildman–Crippen LogP) is 1.93. The molecule has 0 aromatic heterocycles. The Balaban J connectivity index is 2.28. The molecule has 1 heterocycles. The van der Waals surface area contributed by atoms with E-state index in [-0.39, 0.29) is 11.7 Å². The minimum absolute atomic E-state index is 0.0562. The second kappa shape index (κ2) is 6.75. The van der Waals surface area contributed by atoms with Crippen LogP contribution >= 0.6 is 0 Å².